The first-order valence-electron chi connectivity index (χ1n) is 5.96. The molecule has 0 radical (unpaired) electrons. The topological polar surface area (TPSA) is 78.9 Å². The van der Waals surface area contributed by atoms with Crippen molar-refractivity contribution in [3.8, 4) is 0 Å². The van der Waals surface area contributed by atoms with Gasteiger partial charge in [0.15, 0.2) is 5.69 Å². The predicted octanol–water partition coefficient (Wildman–Crippen LogP) is 1.78. The maximum absolute atomic E-state index is 11.0. The lowest BCUT2D eigenvalue weighted by molar-refractivity contribution is 0.0688. The molecule has 0 spiro atoms. The van der Waals surface area contributed by atoms with Crippen LogP contribution in [0.5, 0.6) is 0 Å². The summed E-state index contributed by atoms with van der Waals surface area (Å²) >= 11 is 0. The highest BCUT2D eigenvalue weighted by Crippen LogP contribution is 2.32. The van der Waals surface area contributed by atoms with E-state index in [4.69, 9.17) is 5.11 Å². The van der Waals surface area contributed by atoms with Crippen molar-refractivity contribution >= 4 is 5.97 Å². The number of hydrogen-bond donors (Lipinski definition) is 2. The zero-order valence-electron chi connectivity index (χ0n) is 9.76. The molecular weight excluding hydrogens is 230 g/mol. The lowest BCUT2D eigenvalue weighted by atomic mass is 9.82. The van der Waals surface area contributed by atoms with Crippen molar-refractivity contribution in [2.24, 2.45) is 0 Å². The van der Waals surface area contributed by atoms with Crippen LogP contribution in [-0.2, 0) is 12.8 Å². The second-order valence-corrected chi connectivity index (χ2v) is 4.57. The number of fused-ring (bicyclic) bond motifs is 1. The molecule has 1 aliphatic carbocycles. The van der Waals surface area contributed by atoms with E-state index >= 15 is 0 Å². The van der Waals surface area contributed by atoms with E-state index in [0.717, 1.165) is 19.3 Å². The monoisotopic (exact) mass is 243 g/mol. The molecule has 0 saturated heterocycles. The molecule has 1 unspecified atom stereocenters. The molecule has 5 nitrogen and oxygen atoms in total. The molecular formula is C13H13N3O2. The maximum Gasteiger partial charge on any atom is 0.358 e. The second-order valence-electron chi connectivity index (χ2n) is 4.57. The SMILES string of the molecule is O=C(O)c1n[nH]nc1C1CCc2ccccc2C1. The first kappa shape index (κ1) is 11.0. The number of benzene rings is 1. The van der Waals surface area contributed by atoms with E-state index in [1.165, 1.54) is 11.1 Å². The Hall–Kier alpha value is -2.17. The molecule has 2 N–H and O–H groups in total. The molecule has 1 aromatic carbocycles. The van der Waals surface area contributed by atoms with Crippen molar-refractivity contribution < 1.29 is 9.90 Å². The van der Waals surface area contributed by atoms with Crippen LogP contribution in [0.3, 0.4) is 0 Å². The highest BCUT2D eigenvalue weighted by Gasteiger charge is 2.27. The minimum atomic E-state index is -1.02. The number of hydrogen-bond acceptors (Lipinski definition) is 3. The van der Waals surface area contributed by atoms with Gasteiger partial charge in [-0.05, 0) is 30.4 Å². The van der Waals surface area contributed by atoms with Gasteiger partial charge in [0.05, 0.1) is 0 Å². The Labute approximate surface area is 104 Å². The first-order valence-corrected chi connectivity index (χ1v) is 5.96. The molecule has 0 amide bonds. The van der Waals surface area contributed by atoms with E-state index in [1.54, 1.807) is 0 Å². The fourth-order valence-corrected chi connectivity index (χ4v) is 2.61. The average molecular weight is 243 g/mol. The van der Waals surface area contributed by atoms with Gasteiger partial charge in [-0.15, -0.1) is 5.10 Å². The molecule has 18 heavy (non-hydrogen) atoms. The van der Waals surface area contributed by atoms with Crippen LogP contribution < -0.4 is 0 Å². The predicted molar refractivity (Wildman–Crippen MR) is 64.6 cm³/mol. The van der Waals surface area contributed by atoms with Gasteiger partial charge in [-0.25, -0.2) is 4.79 Å². The standard InChI is InChI=1S/C13H13N3O2/c17-13(18)12-11(14-16-15-12)10-6-5-8-3-1-2-4-9(8)7-10/h1-4,10H,5-7H2,(H,17,18)(H,14,15,16). The number of H-pyrrole nitrogens is 1. The van der Waals surface area contributed by atoms with Gasteiger partial charge in [0.1, 0.15) is 5.69 Å². The number of aromatic carboxylic acids is 1. The summed E-state index contributed by atoms with van der Waals surface area (Å²) in [6.45, 7) is 0. The molecule has 0 aliphatic heterocycles. The van der Waals surface area contributed by atoms with Gasteiger partial charge < -0.3 is 5.11 Å². The third-order valence-corrected chi connectivity index (χ3v) is 3.51. The van der Waals surface area contributed by atoms with E-state index in [9.17, 15) is 4.79 Å². The molecule has 3 rings (SSSR count). The summed E-state index contributed by atoms with van der Waals surface area (Å²) in [5.41, 5.74) is 3.28. The Morgan fingerprint density at radius 3 is 2.83 bits per heavy atom. The molecule has 92 valence electrons. The van der Waals surface area contributed by atoms with Crippen LogP contribution in [-0.4, -0.2) is 26.5 Å². The van der Waals surface area contributed by atoms with Crippen molar-refractivity contribution in [3.63, 3.8) is 0 Å². The number of carboxylic acids is 1. The number of aryl methyl sites for hydroxylation is 1. The molecule has 1 aromatic heterocycles. The van der Waals surface area contributed by atoms with Gasteiger partial charge in [-0.3, -0.25) is 0 Å². The summed E-state index contributed by atoms with van der Waals surface area (Å²) in [6.07, 6.45) is 2.72. The van der Waals surface area contributed by atoms with Gasteiger partial charge in [-0.1, -0.05) is 24.3 Å². The van der Waals surface area contributed by atoms with Gasteiger partial charge in [0.25, 0.3) is 0 Å². The first-order chi connectivity index (χ1) is 8.75. The molecule has 5 heteroatoms. The van der Waals surface area contributed by atoms with E-state index in [0.29, 0.717) is 5.69 Å². The third kappa shape index (κ3) is 1.77. The molecule has 0 saturated carbocycles. The summed E-state index contributed by atoms with van der Waals surface area (Å²) in [4.78, 5) is 11.0. The minimum Gasteiger partial charge on any atom is -0.476 e. The average Bonchev–Trinajstić information content (AvgIpc) is 2.87. The summed E-state index contributed by atoms with van der Waals surface area (Å²) in [5.74, 6) is -0.873. The Morgan fingerprint density at radius 1 is 1.28 bits per heavy atom. The molecule has 1 atom stereocenters. The molecule has 1 heterocycles. The zero-order valence-corrected chi connectivity index (χ0v) is 9.76. The van der Waals surface area contributed by atoms with Gasteiger partial charge in [0, 0.05) is 5.92 Å². The highest BCUT2D eigenvalue weighted by atomic mass is 16.4. The third-order valence-electron chi connectivity index (χ3n) is 3.51. The summed E-state index contributed by atoms with van der Waals surface area (Å²) < 4.78 is 0. The molecule has 0 fully saturated rings. The van der Waals surface area contributed by atoms with Crippen LogP contribution in [0.15, 0.2) is 24.3 Å². The van der Waals surface area contributed by atoms with E-state index in [1.807, 2.05) is 12.1 Å². The molecule has 2 aromatic rings. The number of nitrogens with one attached hydrogen (secondary N) is 1. The Balaban J connectivity index is 1.92. The Bertz CT molecular complexity index is 591. The summed E-state index contributed by atoms with van der Waals surface area (Å²) in [6, 6.07) is 8.29. The van der Waals surface area contributed by atoms with Crippen molar-refractivity contribution in [1.82, 2.24) is 15.4 Å². The number of carboxylic acid groups (broad SMARTS) is 1. The van der Waals surface area contributed by atoms with Gasteiger partial charge in [0.2, 0.25) is 0 Å². The fraction of sp³-hybridized carbons (Fsp3) is 0.308. The Kier molecular flexibility index (Phi) is 2.59. The van der Waals surface area contributed by atoms with E-state index in [2.05, 4.69) is 27.5 Å². The number of aromatic nitrogens is 3. The normalized spacial score (nSPS) is 18.3. The second kappa shape index (κ2) is 4.25. The van der Waals surface area contributed by atoms with Crippen molar-refractivity contribution in [1.29, 1.82) is 0 Å². The molecule has 1 aliphatic rings. The quantitative estimate of drug-likeness (QED) is 0.842. The lowest BCUT2D eigenvalue weighted by Crippen LogP contribution is -2.15. The van der Waals surface area contributed by atoms with E-state index in [-0.39, 0.29) is 11.6 Å². The number of rotatable bonds is 2. The van der Waals surface area contributed by atoms with Crippen LogP contribution in [0.25, 0.3) is 0 Å². The maximum atomic E-state index is 11.0. The van der Waals surface area contributed by atoms with Gasteiger partial charge in [-0.2, -0.15) is 10.3 Å². The Morgan fingerprint density at radius 2 is 2.06 bits per heavy atom. The van der Waals surface area contributed by atoms with Crippen LogP contribution in [0.4, 0.5) is 0 Å². The van der Waals surface area contributed by atoms with Gasteiger partial charge >= 0.3 is 5.97 Å². The summed E-state index contributed by atoms with van der Waals surface area (Å²) in [5, 5.41) is 19.2. The van der Waals surface area contributed by atoms with Crippen LogP contribution in [0, 0.1) is 0 Å². The van der Waals surface area contributed by atoms with Crippen molar-refractivity contribution in [2.75, 3.05) is 0 Å². The van der Waals surface area contributed by atoms with Crippen LogP contribution >= 0.6 is 0 Å². The molecule has 0 bridgehead atoms. The van der Waals surface area contributed by atoms with Crippen molar-refractivity contribution in [3.05, 3.63) is 46.8 Å². The van der Waals surface area contributed by atoms with Crippen LogP contribution in [0.1, 0.15) is 39.6 Å². The van der Waals surface area contributed by atoms with Crippen molar-refractivity contribution in [2.45, 2.75) is 25.2 Å². The lowest BCUT2D eigenvalue weighted by Gasteiger charge is -2.23. The smallest absolute Gasteiger partial charge is 0.358 e. The van der Waals surface area contributed by atoms with E-state index < -0.39 is 5.97 Å². The number of carbonyl (C=O) groups is 1. The zero-order chi connectivity index (χ0) is 12.5. The fourth-order valence-electron chi connectivity index (χ4n) is 2.61. The summed E-state index contributed by atoms with van der Waals surface area (Å²) in [7, 11) is 0. The number of nitrogens with zero attached hydrogens (tertiary/aromatic N) is 2. The minimum absolute atomic E-state index is 0.0550. The van der Waals surface area contributed by atoms with Crippen LogP contribution in [0.2, 0.25) is 0 Å². The largest absolute Gasteiger partial charge is 0.476 e. The highest BCUT2D eigenvalue weighted by molar-refractivity contribution is 5.86. The number of aromatic amines is 1.